The van der Waals surface area contributed by atoms with Gasteiger partial charge in [0, 0.05) is 11.3 Å². The van der Waals surface area contributed by atoms with Crippen molar-refractivity contribution >= 4 is 29.2 Å². The number of benzene rings is 2. The van der Waals surface area contributed by atoms with Crippen molar-refractivity contribution in [3.63, 3.8) is 0 Å². The number of aliphatic imine (C=N–C) groups is 1. The van der Waals surface area contributed by atoms with Gasteiger partial charge in [-0.1, -0.05) is 6.07 Å². The zero-order chi connectivity index (χ0) is 18.4. The van der Waals surface area contributed by atoms with Crippen LogP contribution in [0.25, 0.3) is 0 Å². The molecule has 0 spiro atoms. The number of hydrogen-bond donors (Lipinski definition) is 4. The number of amides is 1. The third kappa shape index (κ3) is 5.24. The lowest BCUT2D eigenvalue weighted by Crippen LogP contribution is -2.22. The number of carbonyl (C=O) groups excluding carboxylic acids is 1. The SMILES string of the molecule is CC(Oc1ccc(NC(=O)c2cccc(N=C(N)N)c2)cc1)C(=O)O. The Morgan fingerprint density at radius 1 is 1.16 bits per heavy atom. The number of anilines is 1. The Balaban J connectivity index is 2.05. The molecule has 0 aromatic heterocycles. The molecule has 1 amide bonds. The first-order valence-electron chi connectivity index (χ1n) is 7.36. The van der Waals surface area contributed by atoms with Crippen molar-refractivity contribution in [3.05, 3.63) is 54.1 Å². The van der Waals surface area contributed by atoms with Gasteiger partial charge in [-0.3, -0.25) is 4.79 Å². The van der Waals surface area contributed by atoms with Crippen LogP contribution < -0.4 is 21.5 Å². The lowest BCUT2D eigenvalue weighted by atomic mass is 10.2. The highest BCUT2D eigenvalue weighted by molar-refractivity contribution is 6.04. The number of carboxylic acids is 1. The van der Waals surface area contributed by atoms with Crippen LogP contribution in [0.4, 0.5) is 11.4 Å². The van der Waals surface area contributed by atoms with Gasteiger partial charge in [0.25, 0.3) is 5.91 Å². The second-order valence-electron chi connectivity index (χ2n) is 5.16. The van der Waals surface area contributed by atoms with Crippen LogP contribution in [0.1, 0.15) is 17.3 Å². The van der Waals surface area contributed by atoms with Gasteiger partial charge < -0.3 is 26.6 Å². The Bertz CT molecular complexity index is 799. The molecule has 2 rings (SSSR count). The number of guanidine groups is 1. The van der Waals surface area contributed by atoms with Crippen LogP contribution in [-0.2, 0) is 4.79 Å². The second kappa shape index (κ2) is 7.82. The predicted molar refractivity (Wildman–Crippen MR) is 94.0 cm³/mol. The van der Waals surface area contributed by atoms with E-state index in [1.807, 2.05) is 0 Å². The highest BCUT2D eigenvalue weighted by Crippen LogP contribution is 2.19. The van der Waals surface area contributed by atoms with Gasteiger partial charge >= 0.3 is 5.97 Å². The molecule has 1 unspecified atom stereocenters. The fraction of sp³-hybridized carbons (Fsp3) is 0.118. The van der Waals surface area contributed by atoms with Gasteiger partial charge in [0.2, 0.25) is 0 Å². The number of ether oxygens (including phenoxy) is 1. The molecule has 0 aliphatic rings. The number of nitrogens with two attached hydrogens (primary N) is 2. The number of carbonyl (C=O) groups is 2. The highest BCUT2D eigenvalue weighted by Gasteiger charge is 2.12. The molecule has 0 aliphatic carbocycles. The standard InChI is InChI=1S/C17H18N4O4/c1-10(16(23)24)25-14-7-5-12(6-8-14)20-15(22)11-3-2-4-13(9-11)21-17(18)19/h2-10H,1H3,(H,20,22)(H,23,24)(H4,18,19,21). The molecule has 0 bridgehead atoms. The number of aliphatic carboxylic acids is 1. The number of rotatable bonds is 6. The molecule has 130 valence electrons. The number of nitrogens with one attached hydrogen (secondary N) is 1. The van der Waals surface area contributed by atoms with Gasteiger partial charge in [0.15, 0.2) is 12.1 Å². The van der Waals surface area contributed by atoms with Crippen LogP contribution in [0.5, 0.6) is 5.75 Å². The van der Waals surface area contributed by atoms with Crippen LogP contribution in [-0.4, -0.2) is 29.0 Å². The summed E-state index contributed by atoms with van der Waals surface area (Å²) in [4.78, 5) is 26.9. The Labute approximate surface area is 144 Å². The van der Waals surface area contributed by atoms with Crippen molar-refractivity contribution in [2.45, 2.75) is 13.0 Å². The normalized spacial score (nSPS) is 11.2. The summed E-state index contributed by atoms with van der Waals surface area (Å²) in [7, 11) is 0. The minimum absolute atomic E-state index is 0.0938. The van der Waals surface area contributed by atoms with Crippen LogP contribution in [0.3, 0.4) is 0 Å². The molecule has 0 saturated heterocycles. The fourth-order valence-electron chi connectivity index (χ4n) is 1.94. The fourth-order valence-corrected chi connectivity index (χ4v) is 1.94. The number of carboxylic acid groups (broad SMARTS) is 1. The van der Waals surface area contributed by atoms with E-state index in [4.69, 9.17) is 21.3 Å². The third-order valence-electron chi connectivity index (χ3n) is 3.14. The second-order valence-corrected chi connectivity index (χ2v) is 5.16. The van der Waals surface area contributed by atoms with Crippen molar-refractivity contribution in [3.8, 4) is 5.75 Å². The molecule has 0 fully saturated rings. The average molecular weight is 342 g/mol. The maximum absolute atomic E-state index is 12.3. The quantitative estimate of drug-likeness (QED) is 0.465. The minimum Gasteiger partial charge on any atom is -0.479 e. The Hall–Kier alpha value is -3.55. The van der Waals surface area contributed by atoms with Gasteiger partial charge in [0.05, 0.1) is 5.69 Å². The summed E-state index contributed by atoms with van der Waals surface area (Å²) >= 11 is 0. The van der Waals surface area contributed by atoms with Crippen molar-refractivity contribution in [2.24, 2.45) is 16.5 Å². The van der Waals surface area contributed by atoms with Gasteiger partial charge in [0.1, 0.15) is 5.75 Å². The average Bonchev–Trinajstić information content (AvgIpc) is 2.56. The molecule has 8 nitrogen and oxygen atoms in total. The van der Waals surface area contributed by atoms with E-state index >= 15 is 0 Å². The van der Waals surface area contributed by atoms with Crippen molar-refractivity contribution in [1.82, 2.24) is 0 Å². The Morgan fingerprint density at radius 2 is 1.84 bits per heavy atom. The molecule has 25 heavy (non-hydrogen) atoms. The van der Waals surface area contributed by atoms with Crippen molar-refractivity contribution in [1.29, 1.82) is 0 Å². The molecule has 0 heterocycles. The van der Waals surface area contributed by atoms with E-state index < -0.39 is 12.1 Å². The van der Waals surface area contributed by atoms with E-state index in [1.54, 1.807) is 48.5 Å². The molecular formula is C17H18N4O4. The molecule has 6 N–H and O–H groups in total. The number of hydrogen-bond acceptors (Lipinski definition) is 4. The molecule has 2 aromatic rings. The van der Waals surface area contributed by atoms with Crippen molar-refractivity contribution < 1.29 is 19.4 Å². The lowest BCUT2D eigenvalue weighted by Gasteiger charge is -2.11. The van der Waals surface area contributed by atoms with Crippen LogP contribution in [0.15, 0.2) is 53.5 Å². The summed E-state index contributed by atoms with van der Waals surface area (Å²) < 4.78 is 5.22. The summed E-state index contributed by atoms with van der Waals surface area (Å²) in [6, 6.07) is 12.9. The van der Waals surface area contributed by atoms with Gasteiger partial charge in [-0.15, -0.1) is 0 Å². The summed E-state index contributed by atoms with van der Waals surface area (Å²) in [6.45, 7) is 1.43. The van der Waals surface area contributed by atoms with E-state index in [0.29, 0.717) is 22.7 Å². The van der Waals surface area contributed by atoms with E-state index in [-0.39, 0.29) is 11.9 Å². The molecule has 0 radical (unpaired) electrons. The van der Waals surface area contributed by atoms with E-state index in [9.17, 15) is 9.59 Å². The first kappa shape index (κ1) is 17.8. The molecule has 2 aromatic carbocycles. The predicted octanol–water partition coefficient (Wildman–Crippen LogP) is 1.70. The van der Waals surface area contributed by atoms with E-state index in [0.717, 1.165) is 0 Å². The van der Waals surface area contributed by atoms with Crippen LogP contribution >= 0.6 is 0 Å². The summed E-state index contributed by atoms with van der Waals surface area (Å²) in [5.74, 6) is -1.09. The molecule has 1 atom stereocenters. The molecular weight excluding hydrogens is 324 g/mol. The van der Waals surface area contributed by atoms with E-state index in [1.165, 1.54) is 6.92 Å². The Kier molecular flexibility index (Phi) is 5.57. The van der Waals surface area contributed by atoms with Crippen LogP contribution in [0.2, 0.25) is 0 Å². The maximum Gasteiger partial charge on any atom is 0.344 e. The maximum atomic E-state index is 12.3. The van der Waals surface area contributed by atoms with Gasteiger partial charge in [-0.25, -0.2) is 9.79 Å². The first-order valence-corrected chi connectivity index (χ1v) is 7.36. The highest BCUT2D eigenvalue weighted by atomic mass is 16.5. The topological polar surface area (TPSA) is 140 Å². The van der Waals surface area contributed by atoms with Crippen LogP contribution in [0, 0.1) is 0 Å². The Morgan fingerprint density at radius 3 is 2.44 bits per heavy atom. The van der Waals surface area contributed by atoms with E-state index in [2.05, 4.69) is 10.3 Å². The summed E-state index contributed by atoms with van der Waals surface area (Å²) in [6.07, 6.45) is -0.960. The zero-order valence-corrected chi connectivity index (χ0v) is 13.5. The molecule has 0 aliphatic heterocycles. The number of nitrogens with zero attached hydrogens (tertiary/aromatic N) is 1. The van der Waals surface area contributed by atoms with Gasteiger partial charge in [-0.05, 0) is 49.4 Å². The third-order valence-corrected chi connectivity index (χ3v) is 3.14. The minimum atomic E-state index is -1.06. The first-order chi connectivity index (χ1) is 11.8. The monoisotopic (exact) mass is 342 g/mol. The summed E-state index contributed by atoms with van der Waals surface area (Å²) in [5, 5.41) is 11.5. The zero-order valence-electron chi connectivity index (χ0n) is 13.5. The smallest absolute Gasteiger partial charge is 0.344 e. The van der Waals surface area contributed by atoms with Crippen molar-refractivity contribution in [2.75, 3.05) is 5.32 Å². The lowest BCUT2D eigenvalue weighted by molar-refractivity contribution is -0.144. The largest absolute Gasteiger partial charge is 0.479 e. The molecule has 8 heteroatoms. The van der Waals surface area contributed by atoms with Gasteiger partial charge in [-0.2, -0.15) is 0 Å². The summed E-state index contributed by atoms with van der Waals surface area (Å²) in [5.41, 5.74) is 12.0. The molecule has 0 saturated carbocycles.